The molecule has 0 saturated heterocycles. The highest BCUT2D eigenvalue weighted by molar-refractivity contribution is 7.92. The van der Waals surface area contributed by atoms with Gasteiger partial charge in [-0.25, -0.2) is 8.42 Å². The molecule has 0 bridgehead atoms. The molecule has 0 aliphatic rings. The van der Waals surface area contributed by atoms with Gasteiger partial charge < -0.3 is 5.73 Å². The molecule has 2 aromatic carbocycles. The molecule has 0 aromatic heterocycles. The highest BCUT2D eigenvalue weighted by atomic mass is 32.2. The van der Waals surface area contributed by atoms with Crippen LogP contribution in [0.15, 0.2) is 53.4 Å². The number of nitrogens with one attached hydrogen (secondary N) is 1. The molecule has 2 aromatic rings. The number of benzene rings is 2. The maximum Gasteiger partial charge on any atom is 0.289 e. The fourth-order valence-electron chi connectivity index (χ4n) is 1.65. The number of nitro groups is 1. The zero-order valence-electron chi connectivity index (χ0n) is 10.2. The molecule has 2 rings (SSSR count). The van der Waals surface area contributed by atoms with E-state index < -0.39 is 25.5 Å². The van der Waals surface area contributed by atoms with Crippen LogP contribution in [0.2, 0.25) is 0 Å². The van der Waals surface area contributed by atoms with E-state index in [0.717, 1.165) is 6.07 Å². The number of nitro benzene ring substituents is 1. The van der Waals surface area contributed by atoms with Crippen molar-refractivity contribution in [3.63, 3.8) is 0 Å². The molecule has 0 amide bonds. The monoisotopic (exact) mass is 293 g/mol. The van der Waals surface area contributed by atoms with Crippen LogP contribution in [0, 0.1) is 10.1 Å². The molecule has 0 atom stereocenters. The molecule has 20 heavy (non-hydrogen) atoms. The number of para-hydroxylation sites is 1. The van der Waals surface area contributed by atoms with Gasteiger partial charge in [-0.05, 0) is 24.3 Å². The summed E-state index contributed by atoms with van der Waals surface area (Å²) in [5.74, 6) is 0. The largest absolute Gasteiger partial charge is 0.399 e. The Morgan fingerprint density at radius 1 is 1.10 bits per heavy atom. The third kappa shape index (κ3) is 2.86. The lowest BCUT2D eigenvalue weighted by Crippen LogP contribution is -2.14. The first kappa shape index (κ1) is 13.8. The first-order valence-electron chi connectivity index (χ1n) is 5.52. The summed E-state index contributed by atoms with van der Waals surface area (Å²) in [5.41, 5.74) is 5.69. The minimum Gasteiger partial charge on any atom is -0.399 e. The lowest BCUT2D eigenvalue weighted by atomic mass is 10.3. The molecular weight excluding hydrogens is 282 g/mol. The van der Waals surface area contributed by atoms with Crippen molar-refractivity contribution in [2.75, 3.05) is 10.5 Å². The average molecular weight is 293 g/mol. The lowest BCUT2D eigenvalue weighted by Gasteiger charge is -2.08. The summed E-state index contributed by atoms with van der Waals surface area (Å²) in [6.07, 6.45) is 0. The standard InChI is InChI=1S/C12H11N3O4S/c13-9-4-3-5-10(8-9)14-20(18,19)12-7-2-1-6-11(12)15(16)17/h1-8,14H,13H2. The van der Waals surface area contributed by atoms with Crippen LogP contribution in [0.25, 0.3) is 0 Å². The molecule has 0 saturated carbocycles. The second kappa shape index (κ2) is 5.17. The SMILES string of the molecule is Nc1cccc(NS(=O)(=O)c2ccccc2[N+](=O)[O-])c1. The van der Waals surface area contributed by atoms with Gasteiger partial charge in [-0.15, -0.1) is 0 Å². The van der Waals surface area contributed by atoms with E-state index in [1.807, 2.05) is 0 Å². The van der Waals surface area contributed by atoms with Crippen molar-refractivity contribution in [2.24, 2.45) is 0 Å². The lowest BCUT2D eigenvalue weighted by molar-refractivity contribution is -0.387. The summed E-state index contributed by atoms with van der Waals surface area (Å²) < 4.78 is 26.6. The first-order valence-corrected chi connectivity index (χ1v) is 7.00. The van der Waals surface area contributed by atoms with Crippen LogP contribution in [0.1, 0.15) is 0 Å². The Labute approximate surface area is 115 Å². The Balaban J connectivity index is 2.44. The second-order valence-electron chi connectivity index (χ2n) is 3.96. The van der Waals surface area contributed by atoms with Crippen LogP contribution in [-0.2, 0) is 10.0 Å². The zero-order valence-corrected chi connectivity index (χ0v) is 11.0. The summed E-state index contributed by atoms with van der Waals surface area (Å²) in [4.78, 5) is 9.73. The first-order chi connectivity index (χ1) is 9.40. The zero-order chi connectivity index (χ0) is 14.8. The molecule has 0 aliphatic carbocycles. The van der Waals surface area contributed by atoms with E-state index in [4.69, 9.17) is 5.73 Å². The Hall–Kier alpha value is -2.61. The number of hydrogen-bond acceptors (Lipinski definition) is 5. The summed E-state index contributed by atoms with van der Waals surface area (Å²) in [6.45, 7) is 0. The maximum absolute atomic E-state index is 12.2. The van der Waals surface area contributed by atoms with Crippen molar-refractivity contribution >= 4 is 27.1 Å². The number of nitrogens with zero attached hydrogens (tertiary/aromatic N) is 1. The molecule has 0 spiro atoms. The Kier molecular flexibility index (Phi) is 3.57. The van der Waals surface area contributed by atoms with Crippen LogP contribution in [0.5, 0.6) is 0 Å². The van der Waals surface area contributed by atoms with Gasteiger partial charge >= 0.3 is 0 Å². The summed E-state index contributed by atoms with van der Waals surface area (Å²) in [6, 6.07) is 11.2. The second-order valence-corrected chi connectivity index (χ2v) is 5.61. The number of anilines is 2. The van der Waals surface area contributed by atoms with E-state index in [1.165, 1.54) is 30.3 Å². The Morgan fingerprint density at radius 3 is 2.45 bits per heavy atom. The van der Waals surface area contributed by atoms with E-state index in [0.29, 0.717) is 5.69 Å². The predicted octanol–water partition coefficient (Wildman–Crippen LogP) is 1.98. The van der Waals surface area contributed by atoms with Crippen molar-refractivity contribution in [3.05, 3.63) is 58.6 Å². The van der Waals surface area contributed by atoms with Gasteiger partial charge in [-0.2, -0.15) is 0 Å². The topological polar surface area (TPSA) is 115 Å². The molecule has 104 valence electrons. The van der Waals surface area contributed by atoms with Gasteiger partial charge in [-0.3, -0.25) is 14.8 Å². The highest BCUT2D eigenvalue weighted by Crippen LogP contribution is 2.25. The molecule has 0 unspecified atom stereocenters. The van der Waals surface area contributed by atoms with Gasteiger partial charge in [0.1, 0.15) is 0 Å². The smallest absolute Gasteiger partial charge is 0.289 e. The number of rotatable bonds is 4. The molecule has 0 fully saturated rings. The minimum atomic E-state index is -4.05. The summed E-state index contributed by atoms with van der Waals surface area (Å²) >= 11 is 0. The fraction of sp³-hybridized carbons (Fsp3) is 0. The fourth-order valence-corrected chi connectivity index (χ4v) is 2.87. The summed E-state index contributed by atoms with van der Waals surface area (Å²) in [7, 11) is -4.05. The van der Waals surface area contributed by atoms with Crippen molar-refractivity contribution < 1.29 is 13.3 Å². The molecule has 0 heterocycles. The van der Waals surface area contributed by atoms with E-state index in [1.54, 1.807) is 12.1 Å². The predicted molar refractivity (Wildman–Crippen MR) is 74.8 cm³/mol. The van der Waals surface area contributed by atoms with Gasteiger partial charge in [0.05, 0.1) is 10.6 Å². The van der Waals surface area contributed by atoms with Crippen LogP contribution < -0.4 is 10.5 Å². The Bertz CT molecular complexity index is 759. The average Bonchev–Trinajstić information content (AvgIpc) is 2.38. The van der Waals surface area contributed by atoms with E-state index in [9.17, 15) is 18.5 Å². The molecule has 0 aliphatic heterocycles. The third-order valence-electron chi connectivity index (χ3n) is 2.49. The summed E-state index contributed by atoms with van der Waals surface area (Å²) in [5, 5.41) is 10.9. The maximum atomic E-state index is 12.2. The van der Waals surface area contributed by atoms with Crippen LogP contribution >= 0.6 is 0 Å². The number of nitrogen functional groups attached to an aromatic ring is 1. The van der Waals surface area contributed by atoms with Gasteiger partial charge in [0, 0.05) is 11.8 Å². The van der Waals surface area contributed by atoms with Gasteiger partial charge in [0.15, 0.2) is 4.90 Å². The van der Waals surface area contributed by atoms with E-state index in [2.05, 4.69) is 4.72 Å². The van der Waals surface area contributed by atoms with Crippen molar-refractivity contribution in [3.8, 4) is 0 Å². The van der Waals surface area contributed by atoms with Gasteiger partial charge in [-0.1, -0.05) is 18.2 Å². The third-order valence-corrected chi connectivity index (χ3v) is 3.92. The molecule has 8 heteroatoms. The van der Waals surface area contributed by atoms with Crippen LogP contribution in [0.4, 0.5) is 17.1 Å². The van der Waals surface area contributed by atoms with Gasteiger partial charge in [0.2, 0.25) is 0 Å². The van der Waals surface area contributed by atoms with Crippen LogP contribution in [0.3, 0.4) is 0 Å². The van der Waals surface area contributed by atoms with Crippen molar-refractivity contribution in [1.29, 1.82) is 0 Å². The van der Waals surface area contributed by atoms with Gasteiger partial charge in [0.25, 0.3) is 15.7 Å². The number of sulfonamides is 1. The highest BCUT2D eigenvalue weighted by Gasteiger charge is 2.25. The van der Waals surface area contributed by atoms with Crippen LogP contribution in [-0.4, -0.2) is 13.3 Å². The number of nitrogens with two attached hydrogens (primary N) is 1. The normalized spacial score (nSPS) is 11.0. The quantitative estimate of drug-likeness (QED) is 0.508. The Morgan fingerprint density at radius 2 is 1.80 bits per heavy atom. The molecule has 3 N–H and O–H groups in total. The van der Waals surface area contributed by atoms with E-state index >= 15 is 0 Å². The van der Waals surface area contributed by atoms with E-state index in [-0.39, 0.29) is 5.69 Å². The number of hydrogen-bond donors (Lipinski definition) is 2. The van der Waals surface area contributed by atoms with Crippen molar-refractivity contribution in [2.45, 2.75) is 4.90 Å². The van der Waals surface area contributed by atoms with Crippen molar-refractivity contribution in [1.82, 2.24) is 0 Å². The molecule has 0 radical (unpaired) electrons. The minimum absolute atomic E-state index is 0.239. The molecule has 7 nitrogen and oxygen atoms in total. The molecular formula is C12H11N3O4S.